The average Bonchev–Trinajstić information content (AvgIpc) is 3.10. The van der Waals surface area contributed by atoms with Crippen LogP contribution in [0.2, 0.25) is 0 Å². The predicted molar refractivity (Wildman–Crippen MR) is 71.8 cm³/mol. The third kappa shape index (κ3) is 2.42. The van der Waals surface area contributed by atoms with Gasteiger partial charge in [-0.05, 0) is 32.4 Å². The van der Waals surface area contributed by atoms with Gasteiger partial charge in [0.05, 0.1) is 5.51 Å². The summed E-state index contributed by atoms with van der Waals surface area (Å²) in [6.07, 6.45) is 5.12. The highest BCUT2D eigenvalue weighted by atomic mass is 32.1. The quantitative estimate of drug-likeness (QED) is 0.819. The molecule has 98 valence electrons. The van der Waals surface area contributed by atoms with Crippen molar-refractivity contribution in [2.75, 3.05) is 26.2 Å². The van der Waals surface area contributed by atoms with E-state index >= 15 is 0 Å². The van der Waals surface area contributed by atoms with Crippen LogP contribution in [-0.2, 0) is 0 Å². The van der Waals surface area contributed by atoms with E-state index in [-0.39, 0.29) is 5.91 Å². The summed E-state index contributed by atoms with van der Waals surface area (Å²) < 4.78 is 0. The van der Waals surface area contributed by atoms with Gasteiger partial charge in [0.25, 0.3) is 5.91 Å². The number of thiazole rings is 1. The molecule has 0 radical (unpaired) electrons. The predicted octanol–water partition coefficient (Wildman–Crippen LogP) is 1.84. The number of carbonyl (C=O) groups excluding carboxylic acids is 1. The Morgan fingerprint density at radius 2 is 2.11 bits per heavy atom. The zero-order chi connectivity index (χ0) is 12.4. The molecule has 0 aromatic carbocycles. The molecule has 4 nitrogen and oxygen atoms in total. The summed E-state index contributed by atoms with van der Waals surface area (Å²) >= 11 is 1.49. The summed E-state index contributed by atoms with van der Waals surface area (Å²) in [5, 5.41) is 1.84. The highest BCUT2D eigenvalue weighted by Crippen LogP contribution is 2.21. The molecule has 1 atom stereocenters. The van der Waals surface area contributed by atoms with Crippen molar-refractivity contribution in [1.29, 1.82) is 0 Å². The van der Waals surface area contributed by atoms with Crippen LogP contribution in [0.1, 0.15) is 36.2 Å². The molecule has 3 heterocycles. The van der Waals surface area contributed by atoms with Crippen LogP contribution in [0, 0.1) is 0 Å². The summed E-state index contributed by atoms with van der Waals surface area (Å²) in [6.45, 7) is 4.20. The summed E-state index contributed by atoms with van der Waals surface area (Å²) in [5.41, 5.74) is 2.34. The van der Waals surface area contributed by atoms with Gasteiger partial charge in [-0.2, -0.15) is 0 Å². The van der Waals surface area contributed by atoms with E-state index in [1.807, 2.05) is 10.3 Å². The zero-order valence-corrected chi connectivity index (χ0v) is 11.4. The van der Waals surface area contributed by atoms with Crippen LogP contribution < -0.4 is 0 Å². The van der Waals surface area contributed by atoms with Gasteiger partial charge < -0.3 is 4.90 Å². The first-order chi connectivity index (χ1) is 8.84. The summed E-state index contributed by atoms with van der Waals surface area (Å²) in [5.74, 6) is 0.107. The van der Waals surface area contributed by atoms with Crippen LogP contribution in [-0.4, -0.2) is 52.9 Å². The lowest BCUT2D eigenvalue weighted by atomic mass is 10.1. The first-order valence-electron chi connectivity index (χ1n) is 6.76. The minimum Gasteiger partial charge on any atom is -0.336 e. The third-order valence-corrected chi connectivity index (χ3v) is 4.60. The van der Waals surface area contributed by atoms with E-state index < -0.39 is 0 Å². The minimum absolute atomic E-state index is 0.107. The number of nitrogens with zero attached hydrogens (tertiary/aromatic N) is 3. The lowest BCUT2D eigenvalue weighted by Crippen LogP contribution is -2.41. The fourth-order valence-corrected chi connectivity index (χ4v) is 3.51. The van der Waals surface area contributed by atoms with Gasteiger partial charge in [0.2, 0.25) is 0 Å². The Balaban J connectivity index is 1.59. The van der Waals surface area contributed by atoms with E-state index in [1.54, 1.807) is 5.51 Å². The van der Waals surface area contributed by atoms with Gasteiger partial charge in [-0.1, -0.05) is 6.42 Å². The number of hydrogen-bond donors (Lipinski definition) is 0. The largest absolute Gasteiger partial charge is 0.336 e. The number of rotatable bonds is 2. The molecule has 0 spiro atoms. The van der Waals surface area contributed by atoms with Crippen molar-refractivity contribution in [1.82, 2.24) is 14.8 Å². The van der Waals surface area contributed by atoms with Gasteiger partial charge in [-0.3, -0.25) is 9.69 Å². The van der Waals surface area contributed by atoms with E-state index in [0.29, 0.717) is 11.7 Å². The fraction of sp³-hybridized carbons (Fsp3) is 0.692. The Morgan fingerprint density at radius 3 is 2.83 bits per heavy atom. The second kappa shape index (κ2) is 5.36. The van der Waals surface area contributed by atoms with Crippen molar-refractivity contribution >= 4 is 17.2 Å². The number of carbonyl (C=O) groups is 1. The van der Waals surface area contributed by atoms with Gasteiger partial charge in [0.15, 0.2) is 0 Å². The maximum absolute atomic E-state index is 12.2. The van der Waals surface area contributed by atoms with Gasteiger partial charge in [-0.25, -0.2) is 4.98 Å². The van der Waals surface area contributed by atoms with E-state index in [2.05, 4.69) is 9.88 Å². The molecule has 3 rings (SSSR count). The molecule has 0 saturated carbocycles. The highest BCUT2D eigenvalue weighted by molar-refractivity contribution is 7.07. The van der Waals surface area contributed by atoms with Crippen molar-refractivity contribution < 1.29 is 4.79 Å². The molecule has 0 N–H and O–H groups in total. The summed E-state index contributed by atoms with van der Waals surface area (Å²) in [4.78, 5) is 20.8. The number of amides is 1. The maximum atomic E-state index is 12.2. The van der Waals surface area contributed by atoms with Gasteiger partial charge in [0.1, 0.15) is 5.69 Å². The van der Waals surface area contributed by atoms with Crippen molar-refractivity contribution in [2.45, 2.75) is 31.7 Å². The molecule has 1 aromatic rings. The second-order valence-corrected chi connectivity index (χ2v) is 5.88. The van der Waals surface area contributed by atoms with Crippen LogP contribution in [0.25, 0.3) is 0 Å². The Kier molecular flexibility index (Phi) is 3.61. The fourth-order valence-electron chi connectivity index (χ4n) is 2.99. The lowest BCUT2D eigenvalue weighted by Gasteiger charge is -2.32. The topological polar surface area (TPSA) is 36.4 Å². The third-order valence-electron chi connectivity index (χ3n) is 4.01. The monoisotopic (exact) mass is 265 g/mol. The first-order valence-corrected chi connectivity index (χ1v) is 7.70. The van der Waals surface area contributed by atoms with Crippen LogP contribution in [0.5, 0.6) is 0 Å². The molecular formula is C13H19N3OS. The molecule has 18 heavy (non-hydrogen) atoms. The van der Waals surface area contributed by atoms with Crippen molar-refractivity contribution in [3.05, 3.63) is 16.6 Å². The van der Waals surface area contributed by atoms with E-state index in [4.69, 9.17) is 0 Å². The minimum atomic E-state index is 0.107. The maximum Gasteiger partial charge on any atom is 0.273 e. The number of hydrogen-bond acceptors (Lipinski definition) is 4. The molecule has 2 fully saturated rings. The van der Waals surface area contributed by atoms with E-state index in [1.165, 1.54) is 43.7 Å². The molecule has 0 bridgehead atoms. The molecule has 2 aliphatic rings. The molecule has 1 amide bonds. The second-order valence-electron chi connectivity index (χ2n) is 5.16. The number of piperidine rings is 1. The van der Waals surface area contributed by atoms with Gasteiger partial charge in [-0.15, -0.1) is 11.3 Å². The van der Waals surface area contributed by atoms with Crippen LogP contribution in [0.3, 0.4) is 0 Å². The number of likely N-dealkylation sites (tertiary alicyclic amines) is 2. The molecule has 2 saturated heterocycles. The van der Waals surface area contributed by atoms with E-state index in [9.17, 15) is 4.79 Å². The summed E-state index contributed by atoms with van der Waals surface area (Å²) in [6, 6.07) is 0.577. The van der Waals surface area contributed by atoms with Crippen molar-refractivity contribution in [3.63, 3.8) is 0 Å². The van der Waals surface area contributed by atoms with Crippen LogP contribution in [0.4, 0.5) is 0 Å². The van der Waals surface area contributed by atoms with Crippen molar-refractivity contribution in [3.8, 4) is 0 Å². The standard InChI is InChI=1S/C13H19N3OS/c17-13(12-9-18-10-14-12)16-7-4-11(8-16)15-5-2-1-3-6-15/h9-11H,1-8H2. The van der Waals surface area contributed by atoms with Crippen LogP contribution >= 0.6 is 11.3 Å². The van der Waals surface area contributed by atoms with Gasteiger partial charge >= 0.3 is 0 Å². The van der Waals surface area contributed by atoms with Crippen molar-refractivity contribution in [2.24, 2.45) is 0 Å². The average molecular weight is 265 g/mol. The number of aromatic nitrogens is 1. The molecule has 2 aliphatic heterocycles. The first kappa shape index (κ1) is 12.1. The molecule has 1 aromatic heterocycles. The van der Waals surface area contributed by atoms with Crippen LogP contribution in [0.15, 0.2) is 10.9 Å². The smallest absolute Gasteiger partial charge is 0.273 e. The molecular weight excluding hydrogens is 246 g/mol. The SMILES string of the molecule is O=C(c1cscn1)N1CCC(N2CCCCC2)C1. The Morgan fingerprint density at radius 1 is 1.28 bits per heavy atom. The summed E-state index contributed by atoms with van der Waals surface area (Å²) in [7, 11) is 0. The Bertz CT molecular complexity index is 400. The highest BCUT2D eigenvalue weighted by Gasteiger charge is 2.31. The zero-order valence-electron chi connectivity index (χ0n) is 10.5. The van der Waals surface area contributed by atoms with Gasteiger partial charge in [0, 0.05) is 24.5 Å². The molecule has 1 unspecified atom stereocenters. The molecule has 0 aliphatic carbocycles. The normalized spacial score (nSPS) is 25.6. The Hall–Kier alpha value is -0.940. The Labute approximate surface area is 112 Å². The lowest BCUT2D eigenvalue weighted by molar-refractivity contribution is 0.0766. The molecule has 5 heteroatoms. The van der Waals surface area contributed by atoms with E-state index in [0.717, 1.165) is 19.5 Å².